The van der Waals surface area contributed by atoms with Gasteiger partial charge in [-0.3, -0.25) is 4.79 Å². The summed E-state index contributed by atoms with van der Waals surface area (Å²) in [6.45, 7) is -1.87. The van der Waals surface area contributed by atoms with Crippen LogP contribution in [0.25, 0.3) is 0 Å². The van der Waals surface area contributed by atoms with Gasteiger partial charge in [0.1, 0.15) is 4.90 Å². The first kappa shape index (κ1) is 19.0. The summed E-state index contributed by atoms with van der Waals surface area (Å²) in [6.07, 6.45) is 3.03. The molecule has 1 aliphatic rings. The molecule has 0 atom stereocenters. The number of halogens is 3. The zero-order valence-electron chi connectivity index (χ0n) is 13.5. The summed E-state index contributed by atoms with van der Waals surface area (Å²) in [5.74, 6) is -0.837. The average Bonchev–Trinajstić information content (AvgIpc) is 3.32. The zero-order chi connectivity index (χ0) is 19.1. The Bertz CT molecular complexity index is 954. The summed E-state index contributed by atoms with van der Waals surface area (Å²) >= 11 is 3.05. The Morgan fingerprint density at radius 2 is 2.08 bits per heavy atom. The Kier molecular flexibility index (Phi) is 5.16. The minimum atomic E-state index is -3.84. The van der Waals surface area contributed by atoms with Gasteiger partial charge in [-0.2, -0.15) is 8.78 Å². The number of aromatic nitrogens is 1. The van der Waals surface area contributed by atoms with E-state index in [1.54, 1.807) is 0 Å². The Balaban J connectivity index is 2.11. The monoisotopic (exact) mass is 449 g/mol. The van der Waals surface area contributed by atoms with Crippen molar-refractivity contribution in [3.8, 4) is 5.75 Å². The molecule has 1 fully saturated rings. The van der Waals surface area contributed by atoms with E-state index >= 15 is 0 Å². The zero-order valence-corrected chi connectivity index (χ0v) is 15.9. The fourth-order valence-electron chi connectivity index (χ4n) is 2.52. The maximum atomic E-state index is 12.8. The van der Waals surface area contributed by atoms with E-state index in [1.807, 2.05) is 0 Å². The third-order valence-corrected chi connectivity index (χ3v) is 6.56. The van der Waals surface area contributed by atoms with Crippen LogP contribution in [0.1, 0.15) is 47.4 Å². The Labute approximate surface area is 156 Å². The van der Waals surface area contributed by atoms with Gasteiger partial charge in [0, 0.05) is 11.5 Å². The minimum absolute atomic E-state index is 0.0131. The number of rotatable bonds is 7. The van der Waals surface area contributed by atoms with Crippen molar-refractivity contribution in [2.45, 2.75) is 37.2 Å². The average molecular weight is 450 g/mol. The number of ether oxygens (including phenoxy) is 1. The van der Waals surface area contributed by atoms with E-state index in [0.29, 0.717) is 5.76 Å². The quantitative estimate of drug-likeness (QED) is 0.594. The summed E-state index contributed by atoms with van der Waals surface area (Å²) in [4.78, 5) is 12.4. The second kappa shape index (κ2) is 7.07. The van der Waals surface area contributed by atoms with Crippen LogP contribution in [0.3, 0.4) is 0 Å². The van der Waals surface area contributed by atoms with Crippen LogP contribution in [0, 0.1) is 0 Å². The van der Waals surface area contributed by atoms with Gasteiger partial charge in [-0.15, -0.1) is 0 Å². The second-order valence-electron chi connectivity index (χ2n) is 5.74. The molecule has 0 bridgehead atoms. The van der Waals surface area contributed by atoms with Crippen molar-refractivity contribution < 1.29 is 31.3 Å². The molecule has 140 valence electrons. The van der Waals surface area contributed by atoms with Gasteiger partial charge in [0.15, 0.2) is 27.1 Å². The van der Waals surface area contributed by atoms with E-state index in [9.17, 15) is 22.0 Å². The topological polar surface area (TPSA) is 86.5 Å². The van der Waals surface area contributed by atoms with Crippen molar-refractivity contribution in [1.29, 1.82) is 0 Å². The summed E-state index contributed by atoms with van der Waals surface area (Å²) < 4.78 is 59.3. The Morgan fingerprint density at radius 3 is 2.65 bits per heavy atom. The number of hydrogen-bond acceptors (Lipinski definition) is 6. The van der Waals surface area contributed by atoms with Gasteiger partial charge in [-0.25, -0.2) is 8.42 Å². The molecule has 0 saturated heterocycles. The standard InChI is InChI=1S/C16H14BrF2NO5S/c1-2-26(22,23)11-6-5-9(12(17)15(11)24-16(18)19)13(21)10-7-20-25-14(10)8-3-4-8/h5-8,16H,2-4H2,1H3. The predicted molar refractivity (Wildman–Crippen MR) is 90.4 cm³/mol. The van der Waals surface area contributed by atoms with E-state index in [0.717, 1.165) is 18.9 Å². The lowest BCUT2D eigenvalue weighted by Gasteiger charge is -2.15. The van der Waals surface area contributed by atoms with Crippen LogP contribution in [0.5, 0.6) is 5.75 Å². The molecule has 2 aromatic rings. The molecule has 0 aliphatic heterocycles. The molecule has 6 nitrogen and oxygen atoms in total. The molecule has 0 N–H and O–H groups in total. The summed E-state index contributed by atoms with van der Waals surface area (Å²) in [6, 6.07) is 2.36. The molecule has 0 unspecified atom stereocenters. The molecular formula is C16H14BrF2NO5S. The highest BCUT2D eigenvalue weighted by molar-refractivity contribution is 9.10. The van der Waals surface area contributed by atoms with Gasteiger partial charge < -0.3 is 9.26 Å². The highest BCUT2D eigenvalue weighted by Gasteiger charge is 2.34. The molecule has 0 amide bonds. The van der Waals surface area contributed by atoms with Crippen molar-refractivity contribution in [2.24, 2.45) is 0 Å². The first-order valence-corrected chi connectivity index (χ1v) is 10.2. The number of carbonyl (C=O) groups is 1. The fraction of sp³-hybridized carbons (Fsp3) is 0.375. The van der Waals surface area contributed by atoms with Gasteiger partial charge in [0.05, 0.1) is 22.0 Å². The summed E-state index contributed by atoms with van der Waals surface area (Å²) in [5.41, 5.74) is 0.211. The van der Waals surface area contributed by atoms with Gasteiger partial charge in [0.2, 0.25) is 0 Å². The van der Waals surface area contributed by atoms with Crippen LogP contribution < -0.4 is 4.74 Å². The second-order valence-corrected chi connectivity index (χ2v) is 8.78. The van der Waals surface area contributed by atoms with Crippen molar-refractivity contribution in [3.05, 3.63) is 39.7 Å². The van der Waals surface area contributed by atoms with Gasteiger partial charge in [-0.1, -0.05) is 12.1 Å². The third-order valence-electron chi connectivity index (χ3n) is 4.02. The molecule has 0 radical (unpaired) electrons. The number of carbonyl (C=O) groups excluding carboxylic acids is 1. The smallest absolute Gasteiger partial charge is 0.387 e. The maximum absolute atomic E-state index is 12.8. The van der Waals surface area contributed by atoms with Gasteiger partial charge >= 0.3 is 6.61 Å². The number of benzene rings is 1. The van der Waals surface area contributed by atoms with Crippen LogP contribution in [0.2, 0.25) is 0 Å². The highest BCUT2D eigenvalue weighted by atomic mass is 79.9. The lowest BCUT2D eigenvalue weighted by Crippen LogP contribution is -2.13. The Morgan fingerprint density at radius 1 is 1.38 bits per heavy atom. The van der Waals surface area contributed by atoms with Crippen LogP contribution in [-0.2, 0) is 9.84 Å². The molecule has 1 aliphatic carbocycles. The van der Waals surface area contributed by atoms with E-state index in [4.69, 9.17) is 4.52 Å². The van der Waals surface area contributed by atoms with Gasteiger partial charge in [-0.05, 0) is 40.9 Å². The summed E-state index contributed by atoms with van der Waals surface area (Å²) in [5, 5.41) is 3.64. The van der Waals surface area contributed by atoms with Crippen LogP contribution in [0.15, 0.2) is 32.2 Å². The molecular weight excluding hydrogens is 436 g/mol. The van der Waals surface area contributed by atoms with E-state index < -0.39 is 32.9 Å². The van der Waals surface area contributed by atoms with Crippen LogP contribution in [0.4, 0.5) is 8.78 Å². The van der Waals surface area contributed by atoms with Crippen LogP contribution >= 0.6 is 15.9 Å². The molecule has 1 heterocycles. The highest BCUT2D eigenvalue weighted by Crippen LogP contribution is 2.43. The van der Waals surface area contributed by atoms with Crippen molar-refractivity contribution in [1.82, 2.24) is 5.16 Å². The molecule has 1 aromatic heterocycles. The summed E-state index contributed by atoms with van der Waals surface area (Å²) in [7, 11) is -3.84. The largest absolute Gasteiger partial charge is 0.432 e. The normalized spacial score (nSPS) is 14.7. The minimum Gasteiger partial charge on any atom is -0.432 e. The molecule has 3 rings (SSSR count). The van der Waals surface area contributed by atoms with Crippen molar-refractivity contribution >= 4 is 31.6 Å². The number of alkyl halides is 2. The van der Waals surface area contributed by atoms with Crippen molar-refractivity contribution in [3.63, 3.8) is 0 Å². The lowest BCUT2D eigenvalue weighted by molar-refractivity contribution is -0.0523. The molecule has 1 saturated carbocycles. The lowest BCUT2D eigenvalue weighted by atomic mass is 10.0. The molecule has 0 spiro atoms. The van der Waals surface area contributed by atoms with E-state index in [1.165, 1.54) is 19.2 Å². The molecule has 10 heteroatoms. The van der Waals surface area contributed by atoms with Crippen molar-refractivity contribution in [2.75, 3.05) is 5.75 Å². The first-order valence-electron chi connectivity index (χ1n) is 7.75. The predicted octanol–water partition coefficient (Wildman–Crippen LogP) is 3.94. The number of ketones is 1. The maximum Gasteiger partial charge on any atom is 0.387 e. The Hall–Kier alpha value is -1.81. The molecule has 26 heavy (non-hydrogen) atoms. The molecule has 1 aromatic carbocycles. The van der Waals surface area contributed by atoms with E-state index in [-0.39, 0.29) is 27.3 Å². The van der Waals surface area contributed by atoms with E-state index in [2.05, 4.69) is 25.8 Å². The van der Waals surface area contributed by atoms with Gasteiger partial charge in [0.25, 0.3) is 0 Å². The third kappa shape index (κ3) is 3.52. The number of sulfone groups is 1. The number of nitrogens with zero attached hydrogens (tertiary/aromatic N) is 1. The number of hydrogen-bond donors (Lipinski definition) is 0. The first-order chi connectivity index (χ1) is 12.3. The fourth-order valence-corrected chi connectivity index (χ4v) is 4.29. The van der Waals surface area contributed by atoms with Crippen LogP contribution in [-0.4, -0.2) is 31.7 Å². The SMILES string of the molecule is CCS(=O)(=O)c1ccc(C(=O)c2cnoc2C2CC2)c(Br)c1OC(F)F.